The number of rotatable bonds is 8. The number of nitrogens with zero attached hydrogens (tertiary/aromatic N) is 1. The van der Waals surface area contributed by atoms with E-state index in [1.54, 1.807) is 46.6 Å². The summed E-state index contributed by atoms with van der Waals surface area (Å²) in [4.78, 5) is 17.1. The summed E-state index contributed by atoms with van der Waals surface area (Å²) in [6, 6.07) is 11.0. The third kappa shape index (κ3) is 4.71. The number of carbonyl (C=O) groups excluding carboxylic acids is 1. The number of hydrogen-bond donors (Lipinski definition) is 1. The van der Waals surface area contributed by atoms with Crippen LogP contribution in [0.2, 0.25) is 0 Å². The van der Waals surface area contributed by atoms with Crippen molar-refractivity contribution in [3.05, 3.63) is 42.0 Å². The van der Waals surface area contributed by atoms with Gasteiger partial charge < -0.3 is 24.3 Å². The molecule has 0 saturated carbocycles. The van der Waals surface area contributed by atoms with Crippen molar-refractivity contribution in [1.82, 2.24) is 4.98 Å². The lowest BCUT2D eigenvalue weighted by Gasteiger charge is -2.12. The highest BCUT2D eigenvalue weighted by Crippen LogP contribution is 2.34. The first-order chi connectivity index (χ1) is 14.5. The summed E-state index contributed by atoms with van der Waals surface area (Å²) in [7, 11) is 6.31. The van der Waals surface area contributed by atoms with Gasteiger partial charge in [-0.15, -0.1) is 0 Å². The molecule has 1 aromatic heterocycles. The highest BCUT2D eigenvalue weighted by atomic mass is 32.2. The fourth-order valence-electron chi connectivity index (χ4n) is 2.98. The molecule has 0 radical (unpaired) electrons. The molecule has 0 atom stereocenters. The van der Waals surface area contributed by atoms with E-state index in [0.717, 1.165) is 21.5 Å². The Kier molecular flexibility index (Phi) is 6.89. The van der Waals surface area contributed by atoms with Crippen molar-refractivity contribution < 1.29 is 23.7 Å². The number of pyridine rings is 1. The molecule has 0 aliphatic heterocycles. The van der Waals surface area contributed by atoms with Gasteiger partial charge in [0, 0.05) is 23.2 Å². The van der Waals surface area contributed by atoms with Crippen molar-refractivity contribution in [3.63, 3.8) is 0 Å². The largest absolute Gasteiger partial charge is 0.493 e. The van der Waals surface area contributed by atoms with Crippen LogP contribution >= 0.6 is 11.8 Å². The number of benzene rings is 2. The van der Waals surface area contributed by atoms with Crippen LogP contribution in [0.15, 0.2) is 41.4 Å². The van der Waals surface area contributed by atoms with Gasteiger partial charge in [0.05, 0.1) is 39.7 Å². The summed E-state index contributed by atoms with van der Waals surface area (Å²) in [6.07, 6.45) is 0. The van der Waals surface area contributed by atoms with Gasteiger partial charge in [0.25, 0.3) is 0 Å². The summed E-state index contributed by atoms with van der Waals surface area (Å²) in [5.74, 6) is 2.51. The van der Waals surface area contributed by atoms with E-state index in [1.165, 1.54) is 11.8 Å². The number of carbonyl (C=O) groups is 1. The van der Waals surface area contributed by atoms with Crippen molar-refractivity contribution in [2.24, 2.45) is 0 Å². The van der Waals surface area contributed by atoms with Gasteiger partial charge in [-0.1, -0.05) is 11.8 Å². The van der Waals surface area contributed by atoms with Crippen molar-refractivity contribution in [3.8, 4) is 23.0 Å². The molecule has 3 aromatic rings. The minimum atomic E-state index is -0.138. The molecule has 2 aromatic carbocycles. The summed E-state index contributed by atoms with van der Waals surface area (Å²) in [5.41, 5.74) is 2.40. The van der Waals surface area contributed by atoms with E-state index >= 15 is 0 Å². The Labute approximate surface area is 179 Å². The van der Waals surface area contributed by atoms with Crippen LogP contribution in [0.25, 0.3) is 10.9 Å². The molecule has 1 amide bonds. The molecule has 1 heterocycles. The molecule has 0 unspecified atom stereocenters. The Morgan fingerprint density at radius 1 is 0.900 bits per heavy atom. The monoisotopic (exact) mass is 428 g/mol. The van der Waals surface area contributed by atoms with Gasteiger partial charge in [-0.2, -0.15) is 0 Å². The zero-order valence-corrected chi connectivity index (χ0v) is 18.4. The topological polar surface area (TPSA) is 78.9 Å². The minimum absolute atomic E-state index is 0.138. The lowest BCUT2D eigenvalue weighted by molar-refractivity contribution is -0.113. The van der Waals surface area contributed by atoms with Crippen molar-refractivity contribution in [2.45, 2.75) is 11.9 Å². The first kappa shape index (κ1) is 21.6. The Morgan fingerprint density at radius 2 is 1.53 bits per heavy atom. The van der Waals surface area contributed by atoms with Gasteiger partial charge in [-0.3, -0.25) is 4.79 Å². The number of nitrogens with one attached hydrogen (secondary N) is 1. The molecule has 0 aliphatic rings. The molecule has 0 bridgehead atoms. The Bertz CT molecular complexity index is 1070. The number of hydrogen-bond acceptors (Lipinski definition) is 7. The maximum absolute atomic E-state index is 12.4. The second-order valence-corrected chi connectivity index (χ2v) is 7.38. The zero-order valence-electron chi connectivity index (χ0n) is 17.6. The van der Waals surface area contributed by atoms with Crippen molar-refractivity contribution >= 4 is 34.3 Å². The molecule has 0 saturated heterocycles. The number of aryl methyl sites for hydroxylation is 1. The molecule has 30 heavy (non-hydrogen) atoms. The van der Waals surface area contributed by atoms with Crippen LogP contribution in [0, 0.1) is 6.92 Å². The molecule has 7 nitrogen and oxygen atoms in total. The smallest absolute Gasteiger partial charge is 0.234 e. The number of anilines is 1. The second-order valence-electron chi connectivity index (χ2n) is 6.42. The normalized spacial score (nSPS) is 10.6. The van der Waals surface area contributed by atoms with Crippen LogP contribution in [-0.4, -0.2) is 45.1 Å². The summed E-state index contributed by atoms with van der Waals surface area (Å²) >= 11 is 1.38. The van der Waals surface area contributed by atoms with E-state index in [-0.39, 0.29) is 11.7 Å². The number of amides is 1. The zero-order chi connectivity index (χ0) is 21.7. The van der Waals surface area contributed by atoms with Crippen molar-refractivity contribution in [1.29, 1.82) is 0 Å². The number of fused-ring (bicyclic) bond motifs is 1. The molecule has 158 valence electrons. The van der Waals surface area contributed by atoms with E-state index < -0.39 is 0 Å². The lowest BCUT2D eigenvalue weighted by Crippen LogP contribution is -2.14. The van der Waals surface area contributed by atoms with Gasteiger partial charge in [-0.05, 0) is 36.8 Å². The highest BCUT2D eigenvalue weighted by Gasteiger charge is 2.12. The molecule has 8 heteroatoms. The number of thioether (sulfide) groups is 1. The Hall–Kier alpha value is -3.13. The number of methoxy groups -OCH3 is 4. The van der Waals surface area contributed by atoms with Crippen LogP contribution in [0.3, 0.4) is 0 Å². The lowest BCUT2D eigenvalue weighted by atomic mass is 10.1. The predicted octanol–water partition coefficient (Wildman–Crippen LogP) is 4.31. The average Bonchev–Trinajstić information content (AvgIpc) is 2.76. The number of aromatic nitrogens is 1. The molecule has 1 N–H and O–H groups in total. The van der Waals surface area contributed by atoms with E-state index in [4.69, 9.17) is 23.9 Å². The first-order valence-corrected chi connectivity index (χ1v) is 10.2. The maximum Gasteiger partial charge on any atom is 0.234 e. The summed E-state index contributed by atoms with van der Waals surface area (Å²) in [5, 5.41) is 4.61. The second kappa shape index (κ2) is 9.58. The standard InChI is InChI=1S/C22H24N2O5S/c1-13-8-14-9-18(27-3)20(29-5)11-16(14)24-22(13)30-12-21(25)23-15-6-7-17(26-2)19(10-15)28-4/h6-11H,12H2,1-5H3,(H,23,25). The van der Waals surface area contributed by atoms with E-state index in [9.17, 15) is 4.79 Å². The minimum Gasteiger partial charge on any atom is -0.493 e. The molecule has 3 rings (SSSR count). The maximum atomic E-state index is 12.4. The SMILES string of the molecule is COc1ccc(NC(=O)CSc2nc3cc(OC)c(OC)cc3cc2C)cc1OC. The summed E-state index contributed by atoms with van der Waals surface area (Å²) in [6.45, 7) is 1.97. The van der Waals surface area contributed by atoms with Gasteiger partial charge in [0.15, 0.2) is 23.0 Å². The van der Waals surface area contributed by atoms with Crippen LogP contribution in [0.5, 0.6) is 23.0 Å². The van der Waals surface area contributed by atoms with E-state index in [0.29, 0.717) is 28.7 Å². The van der Waals surface area contributed by atoms with Crippen LogP contribution in [-0.2, 0) is 4.79 Å². The molecule has 0 aliphatic carbocycles. The highest BCUT2D eigenvalue weighted by molar-refractivity contribution is 8.00. The van der Waals surface area contributed by atoms with E-state index in [1.807, 2.05) is 25.1 Å². The quantitative estimate of drug-likeness (QED) is 0.536. The van der Waals surface area contributed by atoms with Gasteiger partial charge in [0.2, 0.25) is 5.91 Å². The molecular formula is C22H24N2O5S. The third-order valence-electron chi connectivity index (χ3n) is 4.47. The Balaban J connectivity index is 1.73. The molecule has 0 fully saturated rings. The van der Waals surface area contributed by atoms with Gasteiger partial charge in [0.1, 0.15) is 5.03 Å². The fraction of sp³-hybridized carbons (Fsp3) is 0.273. The third-order valence-corrected chi connectivity index (χ3v) is 5.56. The van der Waals surface area contributed by atoms with Crippen LogP contribution < -0.4 is 24.3 Å². The average molecular weight is 429 g/mol. The van der Waals surface area contributed by atoms with Crippen LogP contribution in [0.4, 0.5) is 5.69 Å². The van der Waals surface area contributed by atoms with Crippen LogP contribution in [0.1, 0.15) is 5.56 Å². The predicted molar refractivity (Wildman–Crippen MR) is 118 cm³/mol. The molecule has 0 spiro atoms. The first-order valence-electron chi connectivity index (χ1n) is 9.17. The van der Waals surface area contributed by atoms with E-state index in [2.05, 4.69) is 5.32 Å². The van der Waals surface area contributed by atoms with Gasteiger partial charge >= 0.3 is 0 Å². The summed E-state index contributed by atoms with van der Waals surface area (Å²) < 4.78 is 21.2. The number of ether oxygens (including phenoxy) is 4. The molecular weight excluding hydrogens is 404 g/mol. The fourth-order valence-corrected chi connectivity index (χ4v) is 3.77. The van der Waals surface area contributed by atoms with Gasteiger partial charge in [-0.25, -0.2) is 4.98 Å². The van der Waals surface area contributed by atoms with Crippen molar-refractivity contribution in [2.75, 3.05) is 39.5 Å². The Morgan fingerprint density at radius 3 is 2.20 bits per heavy atom.